The van der Waals surface area contributed by atoms with E-state index in [0.29, 0.717) is 25.7 Å². The molecular weight excluding hydrogens is 1250 g/mol. The summed E-state index contributed by atoms with van der Waals surface area (Å²) in [5.74, 6) is -0.546. The number of carbonyl (C=O) groups is 4. The van der Waals surface area contributed by atoms with Gasteiger partial charge in [-0.1, -0.05) is 343 Å². The Labute approximate surface area is 581 Å². The Morgan fingerprint density at radius 1 is 0.284 bits per heavy atom. The molecule has 0 saturated heterocycles. The van der Waals surface area contributed by atoms with Crippen molar-refractivity contribution in [2.45, 2.75) is 413 Å². The molecule has 0 amide bonds. The topological polar surface area (TPSA) is 237 Å². The molecular formula is C76H148O17P2. The molecule has 0 aromatic carbocycles. The zero-order chi connectivity index (χ0) is 70.0. The monoisotopic (exact) mass is 1400 g/mol. The van der Waals surface area contributed by atoms with E-state index in [1.807, 2.05) is 0 Å². The maximum atomic E-state index is 13.1. The van der Waals surface area contributed by atoms with Gasteiger partial charge in [-0.25, -0.2) is 9.13 Å². The number of hydrogen-bond acceptors (Lipinski definition) is 15. The first-order valence-corrected chi connectivity index (χ1v) is 42.5. The van der Waals surface area contributed by atoms with E-state index in [0.717, 1.165) is 102 Å². The molecule has 0 aromatic heterocycles. The molecule has 3 N–H and O–H groups in total. The molecule has 5 atom stereocenters. The fourth-order valence-corrected chi connectivity index (χ4v) is 13.2. The van der Waals surface area contributed by atoms with E-state index >= 15 is 0 Å². The fourth-order valence-electron chi connectivity index (χ4n) is 11.7. The lowest BCUT2D eigenvalue weighted by Gasteiger charge is -2.21. The molecule has 95 heavy (non-hydrogen) atoms. The van der Waals surface area contributed by atoms with Crippen LogP contribution < -0.4 is 0 Å². The number of aliphatic hydroxyl groups excluding tert-OH is 1. The van der Waals surface area contributed by atoms with E-state index in [1.54, 1.807) is 0 Å². The molecule has 0 heterocycles. The van der Waals surface area contributed by atoms with Gasteiger partial charge in [-0.3, -0.25) is 37.3 Å². The van der Waals surface area contributed by atoms with Crippen LogP contribution in [0.5, 0.6) is 0 Å². The number of aliphatic hydroxyl groups is 1. The van der Waals surface area contributed by atoms with Crippen molar-refractivity contribution < 1.29 is 80.2 Å². The van der Waals surface area contributed by atoms with Gasteiger partial charge in [0.15, 0.2) is 12.2 Å². The summed E-state index contributed by atoms with van der Waals surface area (Å²) in [5.41, 5.74) is 0. The largest absolute Gasteiger partial charge is 0.472 e. The first-order chi connectivity index (χ1) is 45.9. The van der Waals surface area contributed by atoms with Crippen LogP contribution in [0, 0.1) is 11.8 Å². The summed E-state index contributed by atoms with van der Waals surface area (Å²) in [4.78, 5) is 72.8. The van der Waals surface area contributed by atoms with Crippen LogP contribution in [0.4, 0.5) is 0 Å². The van der Waals surface area contributed by atoms with Gasteiger partial charge < -0.3 is 33.8 Å². The number of hydrogen-bond donors (Lipinski definition) is 3. The summed E-state index contributed by atoms with van der Waals surface area (Å²) >= 11 is 0. The minimum atomic E-state index is -4.96. The molecule has 19 heteroatoms. The second-order valence-corrected chi connectivity index (χ2v) is 31.3. The molecule has 0 aliphatic heterocycles. The number of ether oxygens (including phenoxy) is 4. The molecule has 0 aliphatic carbocycles. The minimum absolute atomic E-state index is 0.108. The molecule has 564 valence electrons. The van der Waals surface area contributed by atoms with Gasteiger partial charge in [0, 0.05) is 25.7 Å². The lowest BCUT2D eigenvalue weighted by Crippen LogP contribution is -2.30. The molecule has 0 rings (SSSR count). The summed E-state index contributed by atoms with van der Waals surface area (Å²) < 4.78 is 68.5. The van der Waals surface area contributed by atoms with Crippen LogP contribution in [0.2, 0.25) is 0 Å². The Balaban J connectivity index is 5.23. The molecule has 0 radical (unpaired) electrons. The van der Waals surface area contributed by atoms with Gasteiger partial charge in [0.05, 0.1) is 26.4 Å². The average molecular weight is 1400 g/mol. The van der Waals surface area contributed by atoms with Crippen molar-refractivity contribution in [1.82, 2.24) is 0 Å². The predicted molar refractivity (Wildman–Crippen MR) is 386 cm³/mol. The average Bonchev–Trinajstić information content (AvgIpc) is 1.38. The molecule has 17 nitrogen and oxygen atoms in total. The number of carbonyl (C=O) groups excluding carboxylic acids is 4. The van der Waals surface area contributed by atoms with Crippen molar-refractivity contribution in [1.29, 1.82) is 0 Å². The lowest BCUT2D eigenvalue weighted by atomic mass is 10.0. The van der Waals surface area contributed by atoms with Crippen molar-refractivity contribution in [3.63, 3.8) is 0 Å². The molecule has 2 unspecified atom stereocenters. The zero-order valence-electron chi connectivity index (χ0n) is 62.0. The van der Waals surface area contributed by atoms with E-state index in [-0.39, 0.29) is 25.7 Å². The Morgan fingerprint density at radius 2 is 0.484 bits per heavy atom. The highest BCUT2D eigenvalue weighted by Gasteiger charge is 2.30. The first kappa shape index (κ1) is 93.1. The Bertz CT molecular complexity index is 1840. The molecule has 0 bridgehead atoms. The number of phosphoric ester groups is 2. The standard InChI is InChI=1S/C76H148O17P2/c1-7-9-11-13-15-17-19-28-36-42-48-54-60-75(80)92-71(64-86-73(78)58-52-46-40-34-26-18-16-14-12-10-8-2)66-90-94(82,83)88-62-70(77)63-89-95(84,85)91-67-72(65-87-74(79)59-53-47-41-35-31-30-33-39-45-51-57-69(5)6)93-76(81)61-55-49-43-37-29-25-23-21-20-22-24-27-32-38-44-50-56-68(3)4/h68-72,77H,7-67H2,1-6H3,(H,82,83)(H,84,85)/t70-,71+,72+/m0/s1. The van der Waals surface area contributed by atoms with Gasteiger partial charge in [0.1, 0.15) is 19.3 Å². The summed E-state index contributed by atoms with van der Waals surface area (Å²) in [7, 11) is -9.91. The predicted octanol–water partition coefficient (Wildman–Crippen LogP) is 22.3. The highest BCUT2D eigenvalue weighted by molar-refractivity contribution is 7.47. The van der Waals surface area contributed by atoms with Gasteiger partial charge >= 0.3 is 39.5 Å². The Kier molecular flexibility index (Phi) is 66.5. The van der Waals surface area contributed by atoms with Crippen molar-refractivity contribution >= 4 is 39.5 Å². The highest BCUT2D eigenvalue weighted by Crippen LogP contribution is 2.45. The molecule has 0 fully saturated rings. The van der Waals surface area contributed by atoms with Crippen molar-refractivity contribution in [2.24, 2.45) is 11.8 Å². The van der Waals surface area contributed by atoms with Crippen molar-refractivity contribution in [2.75, 3.05) is 39.6 Å². The van der Waals surface area contributed by atoms with Gasteiger partial charge in [-0.05, 0) is 37.5 Å². The maximum Gasteiger partial charge on any atom is 0.472 e. The van der Waals surface area contributed by atoms with Crippen LogP contribution in [-0.4, -0.2) is 96.7 Å². The third-order valence-corrected chi connectivity index (χ3v) is 19.6. The number of rotatable bonds is 75. The third kappa shape index (κ3) is 70.3. The SMILES string of the molecule is CCCCCCCCCCCCCCC(=O)O[C@H](COC(=O)CCCCCCCCCCCCC)COP(=O)(O)OC[C@H](O)COP(=O)(O)OC[C@@H](COC(=O)CCCCCCCCCCCCC(C)C)OC(=O)CCCCCCCCCCCCCCCCCCC(C)C. The normalized spacial score (nSPS) is 14.0. The van der Waals surface area contributed by atoms with E-state index in [2.05, 4.69) is 41.5 Å². The molecule has 0 spiro atoms. The summed E-state index contributed by atoms with van der Waals surface area (Å²) in [6, 6.07) is 0. The van der Waals surface area contributed by atoms with Crippen LogP contribution in [0.25, 0.3) is 0 Å². The minimum Gasteiger partial charge on any atom is -0.462 e. The van der Waals surface area contributed by atoms with Crippen LogP contribution in [-0.2, 0) is 65.4 Å². The van der Waals surface area contributed by atoms with E-state index in [1.165, 1.54) is 212 Å². The second kappa shape index (κ2) is 67.9. The molecule has 0 aromatic rings. The smallest absolute Gasteiger partial charge is 0.462 e. The first-order valence-electron chi connectivity index (χ1n) is 39.5. The summed E-state index contributed by atoms with van der Waals surface area (Å²) in [6.07, 6.45) is 55.4. The van der Waals surface area contributed by atoms with Crippen molar-refractivity contribution in [3.05, 3.63) is 0 Å². The zero-order valence-corrected chi connectivity index (χ0v) is 63.8. The maximum absolute atomic E-state index is 13.1. The van der Waals surface area contributed by atoms with Gasteiger partial charge in [0.25, 0.3) is 0 Å². The van der Waals surface area contributed by atoms with Crippen LogP contribution in [0.15, 0.2) is 0 Å². The van der Waals surface area contributed by atoms with Gasteiger partial charge in [-0.2, -0.15) is 0 Å². The van der Waals surface area contributed by atoms with Crippen LogP contribution in [0.3, 0.4) is 0 Å². The van der Waals surface area contributed by atoms with E-state index in [4.69, 9.17) is 37.0 Å². The lowest BCUT2D eigenvalue weighted by molar-refractivity contribution is -0.161. The van der Waals surface area contributed by atoms with E-state index in [9.17, 15) is 43.2 Å². The molecule has 0 saturated carbocycles. The summed E-state index contributed by atoms with van der Waals surface area (Å²) in [5, 5.41) is 10.6. The van der Waals surface area contributed by atoms with Gasteiger partial charge in [-0.15, -0.1) is 0 Å². The summed E-state index contributed by atoms with van der Waals surface area (Å²) in [6.45, 7) is 9.62. The quantitative estimate of drug-likeness (QED) is 0.0222. The van der Waals surface area contributed by atoms with Crippen molar-refractivity contribution in [3.8, 4) is 0 Å². The number of unbranched alkanes of at least 4 members (excludes halogenated alkanes) is 45. The number of esters is 4. The van der Waals surface area contributed by atoms with Gasteiger partial charge in [0.2, 0.25) is 0 Å². The molecule has 0 aliphatic rings. The fraction of sp³-hybridized carbons (Fsp3) is 0.947. The highest BCUT2D eigenvalue weighted by atomic mass is 31.2. The van der Waals surface area contributed by atoms with E-state index < -0.39 is 97.5 Å². The second-order valence-electron chi connectivity index (χ2n) is 28.3. The third-order valence-electron chi connectivity index (χ3n) is 17.7. The Hall–Kier alpha value is -1.94. The number of phosphoric acid groups is 2. The van der Waals surface area contributed by atoms with Crippen LogP contribution >= 0.6 is 15.6 Å². The van der Waals surface area contributed by atoms with Crippen LogP contribution in [0.1, 0.15) is 395 Å². The Morgan fingerprint density at radius 3 is 0.716 bits per heavy atom.